The molecule has 3 rings (SSSR count). The van der Waals surface area contributed by atoms with E-state index in [1.807, 2.05) is 0 Å². The number of carbonyl (C=O) groups excluding carboxylic acids is 1. The minimum Gasteiger partial charge on any atom is -0.459 e. The van der Waals surface area contributed by atoms with Gasteiger partial charge in [0, 0.05) is 11.8 Å². The van der Waals surface area contributed by atoms with Crippen LogP contribution < -0.4 is 5.32 Å². The second kappa shape index (κ2) is 5.41. The monoisotopic (exact) mass is 324 g/mol. The Balaban J connectivity index is 1.83. The second-order valence-electron chi connectivity index (χ2n) is 4.88. The first-order valence-electron chi connectivity index (χ1n) is 6.59. The van der Waals surface area contributed by atoms with Crippen molar-refractivity contribution in [3.05, 3.63) is 53.4 Å². The van der Waals surface area contributed by atoms with Crippen molar-refractivity contribution in [3.63, 3.8) is 0 Å². The minimum absolute atomic E-state index is 0.0819. The van der Waals surface area contributed by atoms with Gasteiger partial charge in [0.05, 0.1) is 18.4 Å². The molecule has 0 radical (unpaired) electrons. The average Bonchev–Trinajstić information content (AvgIpc) is 3.09. The van der Waals surface area contributed by atoms with Gasteiger partial charge in [0.15, 0.2) is 17.2 Å². The first-order valence-corrected chi connectivity index (χ1v) is 6.59. The Kier molecular flexibility index (Phi) is 3.55. The van der Waals surface area contributed by atoms with Gasteiger partial charge < -0.3 is 9.73 Å². The Labute approximate surface area is 127 Å². The molecule has 0 aromatic carbocycles. The maximum absolute atomic E-state index is 12.8. The Bertz CT molecular complexity index is 866. The highest BCUT2D eigenvalue weighted by Crippen LogP contribution is 2.29. The number of nitrogens with zero attached hydrogens (tertiary/aromatic N) is 3. The number of fused-ring (bicyclic) bond motifs is 1. The molecule has 0 spiro atoms. The molecule has 0 aliphatic carbocycles. The summed E-state index contributed by atoms with van der Waals surface area (Å²) in [4.78, 5) is 11.9. The summed E-state index contributed by atoms with van der Waals surface area (Å²) < 4.78 is 44.5. The SMILES string of the molecule is Cc1ccoc1C(=O)NCc1nnc2ccc(C(F)(F)F)cn12. The number of rotatable bonds is 3. The average molecular weight is 324 g/mol. The van der Waals surface area contributed by atoms with Crippen LogP contribution in [0.25, 0.3) is 5.65 Å². The third-order valence-electron chi connectivity index (χ3n) is 3.28. The van der Waals surface area contributed by atoms with Gasteiger partial charge in [-0.05, 0) is 25.1 Å². The van der Waals surface area contributed by atoms with Crippen molar-refractivity contribution in [2.24, 2.45) is 0 Å². The number of hydrogen-bond donors (Lipinski definition) is 1. The highest BCUT2D eigenvalue weighted by Gasteiger charge is 2.31. The third-order valence-corrected chi connectivity index (χ3v) is 3.28. The fourth-order valence-corrected chi connectivity index (χ4v) is 2.07. The zero-order valence-electron chi connectivity index (χ0n) is 11.9. The number of aromatic nitrogens is 3. The van der Waals surface area contributed by atoms with Gasteiger partial charge in [-0.3, -0.25) is 9.20 Å². The minimum atomic E-state index is -4.47. The van der Waals surface area contributed by atoms with E-state index >= 15 is 0 Å². The van der Waals surface area contributed by atoms with Crippen LogP contribution in [0.5, 0.6) is 0 Å². The molecular formula is C14H11F3N4O2. The van der Waals surface area contributed by atoms with Crippen LogP contribution in [-0.4, -0.2) is 20.5 Å². The van der Waals surface area contributed by atoms with Gasteiger partial charge in [0.1, 0.15) is 0 Å². The molecule has 0 unspecified atom stereocenters. The van der Waals surface area contributed by atoms with E-state index in [1.165, 1.54) is 16.7 Å². The Morgan fingerprint density at radius 3 is 2.74 bits per heavy atom. The number of carbonyl (C=O) groups is 1. The van der Waals surface area contributed by atoms with Crippen LogP contribution in [-0.2, 0) is 12.7 Å². The zero-order chi connectivity index (χ0) is 16.6. The van der Waals surface area contributed by atoms with Gasteiger partial charge in [-0.15, -0.1) is 10.2 Å². The summed E-state index contributed by atoms with van der Waals surface area (Å²) in [5.41, 5.74) is 0.101. The quantitative estimate of drug-likeness (QED) is 0.804. The van der Waals surface area contributed by atoms with Gasteiger partial charge in [-0.1, -0.05) is 0 Å². The van der Waals surface area contributed by atoms with Crippen molar-refractivity contribution in [2.45, 2.75) is 19.6 Å². The standard InChI is InChI=1S/C14H11F3N4O2/c1-8-4-5-23-12(8)13(22)18-6-11-20-19-10-3-2-9(7-21(10)11)14(15,16)17/h2-5,7H,6H2,1H3,(H,18,22). The number of hydrogen-bond acceptors (Lipinski definition) is 4. The number of pyridine rings is 1. The van der Waals surface area contributed by atoms with Crippen molar-refractivity contribution in [2.75, 3.05) is 0 Å². The van der Waals surface area contributed by atoms with E-state index in [1.54, 1.807) is 13.0 Å². The van der Waals surface area contributed by atoms with Crippen molar-refractivity contribution in [1.82, 2.24) is 19.9 Å². The molecule has 1 N–H and O–H groups in total. The lowest BCUT2D eigenvalue weighted by Gasteiger charge is -2.08. The van der Waals surface area contributed by atoms with E-state index in [0.717, 1.165) is 12.3 Å². The molecule has 0 atom stereocenters. The number of halogens is 3. The van der Waals surface area contributed by atoms with Crippen LogP contribution in [0.4, 0.5) is 13.2 Å². The lowest BCUT2D eigenvalue weighted by Crippen LogP contribution is -2.24. The molecule has 0 fully saturated rings. The summed E-state index contributed by atoms with van der Waals surface area (Å²) in [5, 5.41) is 10.1. The molecule has 0 aliphatic rings. The largest absolute Gasteiger partial charge is 0.459 e. The molecule has 3 heterocycles. The topological polar surface area (TPSA) is 72.4 Å². The maximum atomic E-state index is 12.8. The Morgan fingerprint density at radius 2 is 2.09 bits per heavy atom. The van der Waals surface area contributed by atoms with Crippen LogP contribution in [0.2, 0.25) is 0 Å². The van der Waals surface area contributed by atoms with E-state index in [4.69, 9.17) is 4.42 Å². The van der Waals surface area contributed by atoms with E-state index in [9.17, 15) is 18.0 Å². The van der Waals surface area contributed by atoms with Crippen molar-refractivity contribution in [3.8, 4) is 0 Å². The number of aryl methyl sites for hydroxylation is 1. The molecular weight excluding hydrogens is 313 g/mol. The summed E-state index contributed by atoms with van der Waals surface area (Å²) in [5.74, 6) is -0.144. The summed E-state index contributed by atoms with van der Waals surface area (Å²) >= 11 is 0. The van der Waals surface area contributed by atoms with Crippen LogP contribution in [0.1, 0.15) is 27.5 Å². The summed E-state index contributed by atoms with van der Waals surface area (Å²) in [7, 11) is 0. The lowest BCUT2D eigenvalue weighted by atomic mass is 10.2. The van der Waals surface area contributed by atoms with Gasteiger partial charge in [-0.2, -0.15) is 13.2 Å². The Morgan fingerprint density at radius 1 is 1.30 bits per heavy atom. The maximum Gasteiger partial charge on any atom is 0.417 e. The van der Waals surface area contributed by atoms with Crippen LogP contribution in [0.15, 0.2) is 35.1 Å². The zero-order valence-corrected chi connectivity index (χ0v) is 11.9. The first-order chi connectivity index (χ1) is 10.9. The second-order valence-corrected chi connectivity index (χ2v) is 4.88. The van der Waals surface area contributed by atoms with Crippen molar-refractivity contribution >= 4 is 11.6 Å². The number of furan rings is 1. The van der Waals surface area contributed by atoms with E-state index < -0.39 is 17.6 Å². The van der Waals surface area contributed by atoms with Gasteiger partial charge >= 0.3 is 6.18 Å². The number of alkyl halides is 3. The molecule has 0 bridgehead atoms. The van der Waals surface area contributed by atoms with Crippen LogP contribution in [0.3, 0.4) is 0 Å². The van der Waals surface area contributed by atoms with E-state index in [0.29, 0.717) is 5.56 Å². The van der Waals surface area contributed by atoms with Crippen molar-refractivity contribution in [1.29, 1.82) is 0 Å². The third kappa shape index (κ3) is 2.89. The first kappa shape index (κ1) is 15.1. The van der Waals surface area contributed by atoms with Crippen LogP contribution >= 0.6 is 0 Å². The summed E-state index contributed by atoms with van der Waals surface area (Å²) in [6.45, 7) is 1.63. The molecule has 6 nitrogen and oxygen atoms in total. The predicted octanol–water partition coefficient (Wildman–Crippen LogP) is 2.58. The van der Waals surface area contributed by atoms with Crippen LogP contribution in [0, 0.1) is 6.92 Å². The highest BCUT2D eigenvalue weighted by atomic mass is 19.4. The van der Waals surface area contributed by atoms with Gasteiger partial charge in [0.2, 0.25) is 0 Å². The molecule has 1 amide bonds. The normalized spacial score (nSPS) is 11.8. The molecule has 23 heavy (non-hydrogen) atoms. The van der Waals surface area contributed by atoms with E-state index in [2.05, 4.69) is 15.5 Å². The highest BCUT2D eigenvalue weighted by molar-refractivity contribution is 5.92. The molecule has 3 aromatic rings. The fraction of sp³-hybridized carbons (Fsp3) is 0.214. The predicted molar refractivity (Wildman–Crippen MR) is 72.6 cm³/mol. The molecule has 0 aliphatic heterocycles. The summed E-state index contributed by atoms with van der Waals surface area (Å²) in [6, 6.07) is 3.79. The fourth-order valence-electron chi connectivity index (χ4n) is 2.07. The van der Waals surface area contributed by atoms with Crippen molar-refractivity contribution < 1.29 is 22.4 Å². The molecule has 120 valence electrons. The lowest BCUT2D eigenvalue weighted by molar-refractivity contribution is -0.137. The number of nitrogens with one attached hydrogen (secondary N) is 1. The van der Waals surface area contributed by atoms with Gasteiger partial charge in [-0.25, -0.2) is 0 Å². The molecule has 0 saturated carbocycles. The van der Waals surface area contributed by atoms with Gasteiger partial charge in [0.25, 0.3) is 5.91 Å². The Hall–Kier alpha value is -2.84. The summed E-state index contributed by atoms with van der Waals surface area (Å²) in [6.07, 6.45) is -2.19. The smallest absolute Gasteiger partial charge is 0.417 e. The number of amides is 1. The molecule has 3 aromatic heterocycles. The van der Waals surface area contributed by atoms with E-state index in [-0.39, 0.29) is 23.8 Å². The molecule has 9 heteroatoms. The molecule has 0 saturated heterocycles.